The van der Waals surface area contributed by atoms with Gasteiger partial charge in [0.05, 0.1) is 25.0 Å². The van der Waals surface area contributed by atoms with Crippen molar-refractivity contribution in [3.63, 3.8) is 0 Å². The summed E-state index contributed by atoms with van der Waals surface area (Å²) < 4.78 is 0. The number of rotatable bonds is 25. The minimum Gasteiger partial charge on any atom is -0.481 e. The van der Waals surface area contributed by atoms with Gasteiger partial charge in [-0.2, -0.15) is 0 Å². The minimum atomic E-state index is -1.78. The smallest absolute Gasteiger partial charge is 0.326 e. The maximum Gasteiger partial charge on any atom is 0.326 e. The number of aliphatic hydroxyl groups is 1. The lowest BCUT2D eigenvalue weighted by Gasteiger charge is -2.32. The van der Waals surface area contributed by atoms with Crippen molar-refractivity contribution in [1.82, 2.24) is 36.8 Å². The first kappa shape index (κ1) is 52.1. The van der Waals surface area contributed by atoms with E-state index in [2.05, 4.69) is 26.6 Å². The molecule has 0 spiro atoms. The first-order valence-corrected chi connectivity index (χ1v) is 19.3. The zero-order valence-corrected chi connectivity index (χ0v) is 34.4. The molecule has 338 valence electrons. The Bertz CT molecular complexity index is 1620. The molecule has 0 bridgehead atoms. The first-order valence-electron chi connectivity index (χ1n) is 19.3. The molecule has 24 nitrogen and oxygen atoms in total. The van der Waals surface area contributed by atoms with Crippen LogP contribution in [0.15, 0.2) is 0 Å². The highest BCUT2D eigenvalue weighted by Crippen LogP contribution is 2.20. The van der Waals surface area contributed by atoms with Crippen molar-refractivity contribution < 1.29 is 73.2 Å². The van der Waals surface area contributed by atoms with E-state index in [-0.39, 0.29) is 25.3 Å². The Kier molecular flexibility index (Phi) is 21.1. The van der Waals surface area contributed by atoms with Gasteiger partial charge in [0.2, 0.25) is 47.3 Å². The summed E-state index contributed by atoms with van der Waals surface area (Å²) in [5, 5.41) is 51.9. The van der Waals surface area contributed by atoms with E-state index >= 15 is 0 Å². The number of carbonyl (C=O) groups is 11. The number of likely N-dealkylation sites (tertiary alicyclic amines) is 1. The zero-order chi connectivity index (χ0) is 46.2. The van der Waals surface area contributed by atoms with E-state index in [0.717, 1.165) is 4.90 Å². The average Bonchev–Trinajstić information content (AvgIpc) is 3.62. The van der Waals surface area contributed by atoms with Gasteiger partial charge in [0, 0.05) is 13.0 Å². The number of aliphatic hydroxyl groups excluding tert-OH is 1. The van der Waals surface area contributed by atoms with Gasteiger partial charge in [0.25, 0.3) is 0 Å². The highest BCUT2D eigenvalue weighted by molar-refractivity contribution is 5.98. The molecule has 0 aliphatic carbocycles. The lowest BCUT2D eigenvalue weighted by Crippen LogP contribution is -2.61. The number of carboxylic acids is 3. The van der Waals surface area contributed by atoms with Crippen molar-refractivity contribution in [1.29, 1.82) is 0 Å². The predicted octanol–water partition coefficient (Wildman–Crippen LogP) is -4.38. The highest BCUT2D eigenvalue weighted by atomic mass is 16.4. The van der Waals surface area contributed by atoms with Crippen molar-refractivity contribution in [3.05, 3.63) is 0 Å². The van der Waals surface area contributed by atoms with Gasteiger partial charge in [-0.1, -0.05) is 27.7 Å². The molecule has 0 radical (unpaired) electrons. The molecule has 9 atom stereocenters. The second-order valence-corrected chi connectivity index (χ2v) is 15.3. The topological polar surface area (TPSA) is 396 Å². The molecule has 1 aliphatic rings. The summed E-state index contributed by atoms with van der Waals surface area (Å²) in [7, 11) is 0. The Balaban J connectivity index is 3.15. The number of carbonyl (C=O) groups excluding carboxylic acids is 8. The fraction of sp³-hybridized carbons (Fsp3) is 0.694. The number of primary amides is 1. The number of nitrogens with one attached hydrogen (secondary N) is 6. The standard InChI is InChI=1S/C36H59N9O15/c1-15(2)12-21(32(55)39-17(5)29(52)40-20(9-10-25(48)49)31(54)42-22(36(59)60)14-24(38)47)41-34(57)27(16(3)4)43-33(56)23-8-7-11-45(23)35(58)28(18(6)46)44-30(53)19(37)13-26(50)51/h15-23,27-28,46H,7-14,37H2,1-6H3,(H2,38,47)(H,39,55)(H,40,52)(H,41,57)(H,42,54)(H,43,56)(H,44,53)(H,48,49)(H,50,51)(H,59,60)/t17-,18+,19-,20-,21-,22-,23-,27-,28-/m0/s1. The fourth-order valence-corrected chi connectivity index (χ4v) is 6.05. The third kappa shape index (κ3) is 17.1. The number of amides is 8. The molecule has 0 saturated carbocycles. The van der Waals surface area contributed by atoms with Crippen LogP contribution in [0.25, 0.3) is 0 Å². The van der Waals surface area contributed by atoms with Crippen LogP contribution in [0.1, 0.15) is 86.5 Å². The fourth-order valence-electron chi connectivity index (χ4n) is 6.05. The van der Waals surface area contributed by atoms with Gasteiger partial charge in [-0.15, -0.1) is 0 Å². The molecule has 1 saturated heterocycles. The molecular weight excluding hydrogens is 798 g/mol. The van der Waals surface area contributed by atoms with Crippen molar-refractivity contribution in [2.75, 3.05) is 6.54 Å². The Morgan fingerprint density at radius 1 is 0.667 bits per heavy atom. The van der Waals surface area contributed by atoms with E-state index in [9.17, 15) is 63.0 Å². The van der Waals surface area contributed by atoms with Crippen LogP contribution in [0.2, 0.25) is 0 Å². The summed E-state index contributed by atoms with van der Waals surface area (Å²) >= 11 is 0. The van der Waals surface area contributed by atoms with Crippen LogP contribution in [-0.4, -0.2) is 151 Å². The molecule has 60 heavy (non-hydrogen) atoms. The molecule has 14 N–H and O–H groups in total. The SMILES string of the molecule is CC(C)C[C@H](NC(=O)[C@@H](NC(=O)[C@@H]1CCCN1C(=O)[C@@H](NC(=O)[C@@H](N)CC(=O)O)[C@@H](C)O)C(C)C)C(=O)N[C@@H](C)C(=O)N[C@@H](CCC(=O)O)C(=O)N[C@@H](CC(N)=O)C(=O)O. The Labute approximate surface area is 345 Å². The monoisotopic (exact) mass is 857 g/mol. The van der Waals surface area contributed by atoms with Crippen LogP contribution in [0, 0.1) is 11.8 Å². The van der Waals surface area contributed by atoms with Crippen LogP contribution in [0.4, 0.5) is 0 Å². The van der Waals surface area contributed by atoms with Crippen molar-refractivity contribution >= 4 is 65.2 Å². The van der Waals surface area contributed by atoms with Crippen LogP contribution < -0.4 is 43.4 Å². The van der Waals surface area contributed by atoms with E-state index < -0.39 is 151 Å². The third-order valence-corrected chi connectivity index (χ3v) is 9.25. The van der Waals surface area contributed by atoms with Crippen LogP contribution in [-0.2, 0) is 52.7 Å². The minimum absolute atomic E-state index is 0.0399. The van der Waals surface area contributed by atoms with Crippen molar-refractivity contribution in [3.8, 4) is 0 Å². The normalized spacial score (nSPS) is 17.7. The van der Waals surface area contributed by atoms with Gasteiger partial charge >= 0.3 is 17.9 Å². The summed E-state index contributed by atoms with van der Waals surface area (Å²) in [5.41, 5.74) is 10.6. The summed E-state index contributed by atoms with van der Waals surface area (Å²) in [5.74, 6) is -12.6. The molecule has 1 heterocycles. The number of nitrogens with two attached hydrogens (primary N) is 2. The van der Waals surface area contributed by atoms with Crippen molar-refractivity contribution in [2.24, 2.45) is 23.3 Å². The number of carboxylic acid groups (broad SMARTS) is 3. The van der Waals surface area contributed by atoms with Gasteiger partial charge in [0.15, 0.2) is 0 Å². The number of aliphatic carboxylic acids is 3. The van der Waals surface area contributed by atoms with Crippen LogP contribution in [0.5, 0.6) is 0 Å². The maximum absolute atomic E-state index is 13.7. The molecular formula is C36H59N9O15. The number of hydrogen-bond acceptors (Lipinski definition) is 13. The lowest BCUT2D eigenvalue weighted by molar-refractivity contribution is -0.145. The largest absolute Gasteiger partial charge is 0.481 e. The second kappa shape index (κ2) is 24.2. The van der Waals surface area contributed by atoms with Crippen LogP contribution >= 0.6 is 0 Å². The molecule has 1 rings (SSSR count). The molecule has 8 amide bonds. The second-order valence-electron chi connectivity index (χ2n) is 15.3. The van der Waals surface area contributed by atoms with Gasteiger partial charge in [-0.05, 0) is 51.4 Å². The maximum atomic E-state index is 13.7. The Morgan fingerprint density at radius 3 is 1.73 bits per heavy atom. The molecule has 1 aliphatic heterocycles. The van der Waals surface area contributed by atoms with E-state index in [0.29, 0.717) is 6.42 Å². The van der Waals surface area contributed by atoms with Crippen LogP contribution in [0.3, 0.4) is 0 Å². The number of hydrogen-bond donors (Lipinski definition) is 12. The quantitative estimate of drug-likeness (QED) is 0.0413. The predicted molar refractivity (Wildman–Crippen MR) is 207 cm³/mol. The zero-order valence-electron chi connectivity index (χ0n) is 34.4. The summed E-state index contributed by atoms with van der Waals surface area (Å²) in [4.78, 5) is 139. The molecule has 0 aromatic rings. The van der Waals surface area contributed by atoms with E-state index in [1.807, 2.05) is 5.32 Å². The Hall–Kier alpha value is -5.91. The average molecular weight is 858 g/mol. The summed E-state index contributed by atoms with van der Waals surface area (Å²) in [6.07, 6.45) is -3.62. The molecule has 24 heteroatoms. The van der Waals surface area contributed by atoms with Gasteiger partial charge in [0.1, 0.15) is 42.3 Å². The summed E-state index contributed by atoms with van der Waals surface area (Å²) in [6, 6.07) is -11.6. The number of nitrogens with zero attached hydrogens (tertiary/aromatic N) is 1. The Morgan fingerprint density at radius 2 is 1.23 bits per heavy atom. The highest BCUT2D eigenvalue weighted by Gasteiger charge is 2.41. The van der Waals surface area contributed by atoms with Gasteiger partial charge < -0.3 is 68.7 Å². The molecule has 0 unspecified atom stereocenters. The van der Waals surface area contributed by atoms with Crippen molar-refractivity contribution in [2.45, 2.75) is 141 Å². The molecule has 0 aromatic carbocycles. The molecule has 1 fully saturated rings. The van der Waals surface area contributed by atoms with E-state index in [1.54, 1.807) is 27.7 Å². The van der Waals surface area contributed by atoms with E-state index in [4.69, 9.17) is 21.7 Å². The summed E-state index contributed by atoms with van der Waals surface area (Å²) in [6.45, 7) is 9.18. The third-order valence-electron chi connectivity index (χ3n) is 9.25. The van der Waals surface area contributed by atoms with Gasteiger partial charge in [-0.3, -0.25) is 47.9 Å². The van der Waals surface area contributed by atoms with E-state index in [1.165, 1.54) is 13.8 Å². The lowest BCUT2D eigenvalue weighted by atomic mass is 9.99. The first-order chi connectivity index (χ1) is 27.8. The van der Waals surface area contributed by atoms with Gasteiger partial charge in [-0.25, -0.2) is 4.79 Å². The molecule has 0 aromatic heterocycles.